The van der Waals surface area contributed by atoms with Crippen LogP contribution >= 0.6 is 0 Å². The summed E-state index contributed by atoms with van der Waals surface area (Å²) in [6, 6.07) is 21.4. The highest BCUT2D eigenvalue weighted by Crippen LogP contribution is 2.30. The van der Waals surface area contributed by atoms with Gasteiger partial charge in [0.05, 0.1) is 11.3 Å². The summed E-state index contributed by atoms with van der Waals surface area (Å²) in [7, 11) is 1.65. The van der Waals surface area contributed by atoms with Crippen molar-refractivity contribution in [1.82, 2.24) is 4.57 Å². The van der Waals surface area contributed by atoms with Crippen LogP contribution in [0.15, 0.2) is 77.7 Å². The van der Waals surface area contributed by atoms with E-state index in [1.165, 1.54) is 16.7 Å². The van der Waals surface area contributed by atoms with Gasteiger partial charge in [-0.15, -0.1) is 0 Å². The molecule has 6 heteroatoms. The molecule has 1 aliphatic rings. The van der Waals surface area contributed by atoms with Crippen LogP contribution in [0.25, 0.3) is 11.1 Å². The van der Waals surface area contributed by atoms with Gasteiger partial charge >= 0.3 is 0 Å². The van der Waals surface area contributed by atoms with Gasteiger partial charge in [-0.05, 0) is 77.9 Å². The number of aromatic nitrogens is 1. The van der Waals surface area contributed by atoms with E-state index in [4.69, 9.17) is 0 Å². The van der Waals surface area contributed by atoms with E-state index in [2.05, 4.69) is 6.07 Å². The van der Waals surface area contributed by atoms with Gasteiger partial charge in [0.15, 0.2) is 0 Å². The minimum atomic E-state index is -0.397. The SMILES string of the molecule is Cc1cc2c(cc1Cc1ccc(-c3ccn(C)c(=O)c3)c(F)c1)C(=O)N(c1ccccc1C#N)CC2. The highest BCUT2D eigenvalue weighted by molar-refractivity contribution is 6.09. The summed E-state index contributed by atoms with van der Waals surface area (Å²) >= 11 is 0. The van der Waals surface area contributed by atoms with Crippen molar-refractivity contribution in [2.45, 2.75) is 19.8 Å². The first-order chi connectivity index (χ1) is 17.4. The normalized spacial score (nSPS) is 12.8. The molecule has 0 bridgehead atoms. The zero-order valence-electron chi connectivity index (χ0n) is 20.1. The molecule has 2 heterocycles. The van der Waals surface area contributed by atoms with Gasteiger partial charge in [-0.1, -0.05) is 30.3 Å². The third kappa shape index (κ3) is 4.20. The number of nitrogens with zero attached hydrogens (tertiary/aromatic N) is 3. The lowest BCUT2D eigenvalue weighted by atomic mass is 9.90. The minimum absolute atomic E-state index is 0.132. The fourth-order valence-corrected chi connectivity index (χ4v) is 4.76. The second kappa shape index (κ2) is 9.27. The van der Waals surface area contributed by atoms with Crippen LogP contribution in [0, 0.1) is 24.1 Å². The van der Waals surface area contributed by atoms with E-state index >= 15 is 4.39 Å². The Balaban J connectivity index is 1.45. The predicted molar refractivity (Wildman–Crippen MR) is 138 cm³/mol. The Morgan fingerprint density at radius 1 is 1.00 bits per heavy atom. The van der Waals surface area contributed by atoms with Gasteiger partial charge in [-0.2, -0.15) is 5.26 Å². The number of rotatable bonds is 4. The molecule has 0 saturated carbocycles. The van der Waals surface area contributed by atoms with Gasteiger partial charge in [0.1, 0.15) is 11.9 Å². The van der Waals surface area contributed by atoms with Gasteiger partial charge in [0, 0.05) is 37.0 Å². The van der Waals surface area contributed by atoms with Crippen LogP contribution in [-0.4, -0.2) is 17.0 Å². The van der Waals surface area contributed by atoms with Crippen molar-refractivity contribution in [3.63, 3.8) is 0 Å². The van der Waals surface area contributed by atoms with Crippen LogP contribution in [0.3, 0.4) is 0 Å². The van der Waals surface area contributed by atoms with E-state index in [1.54, 1.807) is 48.5 Å². The van der Waals surface area contributed by atoms with Crippen LogP contribution in [0.5, 0.6) is 0 Å². The molecule has 5 nitrogen and oxygen atoms in total. The molecule has 1 aliphatic heterocycles. The van der Waals surface area contributed by atoms with Crippen LogP contribution in [0.2, 0.25) is 0 Å². The summed E-state index contributed by atoms with van der Waals surface area (Å²) in [6.45, 7) is 2.51. The first-order valence-corrected chi connectivity index (χ1v) is 11.7. The largest absolute Gasteiger partial charge is 0.319 e. The summed E-state index contributed by atoms with van der Waals surface area (Å²) in [5.74, 6) is -0.529. The zero-order valence-corrected chi connectivity index (χ0v) is 20.1. The molecular weight excluding hydrogens is 453 g/mol. The van der Waals surface area contributed by atoms with E-state index < -0.39 is 5.82 Å². The summed E-state index contributed by atoms with van der Waals surface area (Å²) in [5.41, 5.74) is 6.16. The molecule has 1 amide bonds. The number of aryl methyl sites for hydroxylation is 2. The van der Waals surface area contributed by atoms with Gasteiger partial charge in [-0.3, -0.25) is 9.59 Å². The average Bonchev–Trinajstić information content (AvgIpc) is 2.87. The van der Waals surface area contributed by atoms with E-state index in [9.17, 15) is 14.9 Å². The van der Waals surface area contributed by atoms with Crippen molar-refractivity contribution in [2.75, 3.05) is 11.4 Å². The first-order valence-electron chi connectivity index (χ1n) is 11.7. The lowest BCUT2D eigenvalue weighted by Crippen LogP contribution is -2.38. The van der Waals surface area contributed by atoms with Crippen molar-refractivity contribution in [1.29, 1.82) is 5.26 Å². The number of hydrogen-bond acceptors (Lipinski definition) is 3. The van der Waals surface area contributed by atoms with Gasteiger partial charge in [-0.25, -0.2) is 4.39 Å². The summed E-state index contributed by atoms with van der Waals surface area (Å²) in [6.07, 6.45) is 2.79. The minimum Gasteiger partial charge on any atom is -0.319 e. The summed E-state index contributed by atoms with van der Waals surface area (Å²) in [5, 5.41) is 9.48. The number of pyridine rings is 1. The van der Waals surface area contributed by atoms with Crippen molar-refractivity contribution in [3.05, 3.63) is 122 Å². The Morgan fingerprint density at radius 2 is 1.81 bits per heavy atom. The highest BCUT2D eigenvalue weighted by atomic mass is 19.1. The van der Waals surface area contributed by atoms with Gasteiger partial charge in [0.2, 0.25) is 0 Å². The lowest BCUT2D eigenvalue weighted by Gasteiger charge is -2.30. The third-order valence-corrected chi connectivity index (χ3v) is 6.80. The summed E-state index contributed by atoms with van der Waals surface area (Å²) < 4.78 is 16.5. The number of carbonyl (C=O) groups is 1. The standard InChI is InChI=1S/C30H24FN3O2/c1-19-13-21-10-12-34(28-6-4-3-5-23(28)18-32)30(36)26(21)16-24(19)14-20-7-8-25(27(31)15-20)22-9-11-33(2)29(35)17-22/h3-9,11,13,15-17H,10,12,14H2,1-2H3. The maximum atomic E-state index is 15.0. The number of benzene rings is 3. The maximum absolute atomic E-state index is 15.0. The van der Waals surface area contributed by atoms with E-state index in [-0.39, 0.29) is 11.5 Å². The van der Waals surface area contributed by atoms with Crippen LogP contribution in [0.4, 0.5) is 10.1 Å². The Bertz CT molecular complexity index is 1610. The number of halogens is 1. The topological polar surface area (TPSA) is 66.1 Å². The first kappa shape index (κ1) is 23.3. The fraction of sp³-hybridized carbons (Fsp3) is 0.167. The van der Waals surface area contributed by atoms with Gasteiger partial charge < -0.3 is 9.47 Å². The molecule has 0 N–H and O–H groups in total. The molecule has 36 heavy (non-hydrogen) atoms. The second-order valence-electron chi connectivity index (χ2n) is 9.13. The molecule has 0 fully saturated rings. The Morgan fingerprint density at radius 3 is 2.56 bits per heavy atom. The fourth-order valence-electron chi connectivity index (χ4n) is 4.76. The molecule has 0 unspecified atom stereocenters. The van der Waals surface area contributed by atoms with E-state index in [0.29, 0.717) is 47.3 Å². The number of carbonyl (C=O) groups excluding carboxylic acids is 1. The number of anilines is 1. The van der Waals surface area contributed by atoms with Crippen molar-refractivity contribution in [2.24, 2.45) is 7.05 Å². The molecule has 5 rings (SSSR count). The lowest BCUT2D eigenvalue weighted by molar-refractivity contribution is 0.0980. The van der Waals surface area contributed by atoms with E-state index in [0.717, 1.165) is 22.3 Å². The summed E-state index contributed by atoms with van der Waals surface area (Å²) in [4.78, 5) is 27.1. The smallest absolute Gasteiger partial charge is 0.258 e. The van der Waals surface area contributed by atoms with E-state index in [1.807, 2.05) is 31.2 Å². The molecule has 0 saturated heterocycles. The van der Waals surface area contributed by atoms with Crippen LogP contribution in [0.1, 0.15) is 38.2 Å². The quantitative estimate of drug-likeness (QED) is 0.408. The molecule has 1 aromatic heterocycles. The van der Waals surface area contributed by atoms with Gasteiger partial charge in [0.25, 0.3) is 11.5 Å². The monoisotopic (exact) mass is 477 g/mol. The molecule has 3 aromatic carbocycles. The molecule has 0 atom stereocenters. The Hall–Kier alpha value is -4.50. The maximum Gasteiger partial charge on any atom is 0.258 e. The molecular formula is C30H24FN3O2. The Kier molecular flexibility index (Phi) is 5.99. The molecule has 4 aromatic rings. The highest BCUT2D eigenvalue weighted by Gasteiger charge is 2.28. The molecule has 0 spiro atoms. The number of para-hydroxylation sites is 1. The molecule has 178 valence electrons. The molecule has 0 radical (unpaired) electrons. The van der Waals surface area contributed by atoms with Crippen LogP contribution < -0.4 is 10.5 Å². The van der Waals surface area contributed by atoms with Crippen molar-refractivity contribution < 1.29 is 9.18 Å². The zero-order chi connectivity index (χ0) is 25.4. The number of hydrogen-bond donors (Lipinski definition) is 0. The average molecular weight is 478 g/mol. The molecule has 0 aliphatic carbocycles. The predicted octanol–water partition coefficient (Wildman–Crippen LogP) is 5.17. The number of nitriles is 1. The third-order valence-electron chi connectivity index (χ3n) is 6.80. The second-order valence-corrected chi connectivity index (χ2v) is 9.13. The number of amides is 1. The van der Waals surface area contributed by atoms with Crippen molar-refractivity contribution in [3.8, 4) is 17.2 Å². The number of fused-ring (bicyclic) bond motifs is 1. The van der Waals surface area contributed by atoms with Crippen LogP contribution in [-0.2, 0) is 19.9 Å². The van der Waals surface area contributed by atoms with Crippen molar-refractivity contribution >= 4 is 11.6 Å². The Labute approximate surface area is 208 Å².